The van der Waals surface area contributed by atoms with Crippen LogP contribution in [0.25, 0.3) is 0 Å². The van der Waals surface area contributed by atoms with E-state index in [2.05, 4.69) is 24.5 Å². The third kappa shape index (κ3) is 4.47. The van der Waals surface area contributed by atoms with Crippen molar-refractivity contribution in [2.24, 2.45) is 0 Å². The van der Waals surface area contributed by atoms with E-state index in [1.165, 1.54) is 6.20 Å². The van der Waals surface area contributed by atoms with E-state index in [1.807, 2.05) is 61.5 Å². The number of nitrogens with zero attached hydrogens (tertiary/aromatic N) is 1. The molecule has 4 nitrogen and oxygen atoms in total. The van der Waals surface area contributed by atoms with Crippen molar-refractivity contribution in [1.82, 2.24) is 0 Å². The molecule has 2 N–H and O–H groups in total. The van der Waals surface area contributed by atoms with Crippen LogP contribution in [0, 0.1) is 18.3 Å². The lowest BCUT2D eigenvalue weighted by molar-refractivity contribution is -0.112. The molecular weight excluding hydrogens is 298 g/mol. The molecule has 0 spiro atoms. The first-order valence-electron chi connectivity index (χ1n) is 7.85. The van der Waals surface area contributed by atoms with Gasteiger partial charge in [0.25, 0.3) is 5.91 Å². The summed E-state index contributed by atoms with van der Waals surface area (Å²) in [6.07, 6.45) is 1.45. The van der Waals surface area contributed by atoms with Gasteiger partial charge in [-0.15, -0.1) is 0 Å². The Bertz CT molecular complexity index is 783. The number of nitriles is 1. The second-order valence-electron chi connectivity index (χ2n) is 5.88. The Labute approximate surface area is 142 Å². The molecule has 2 aromatic rings. The first-order chi connectivity index (χ1) is 11.5. The van der Waals surface area contributed by atoms with Crippen LogP contribution in [0.3, 0.4) is 0 Å². The number of carbonyl (C=O) groups is 1. The summed E-state index contributed by atoms with van der Waals surface area (Å²) in [5.74, 6) is -0.0927. The molecule has 2 rings (SSSR count). The van der Waals surface area contributed by atoms with Crippen LogP contribution in [-0.2, 0) is 4.79 Å². The first-order valence-corrected chi connectivity index (χ1v) is 7.85. The van der Waals surface area contributed by atoms with Crippen LogP contribution in [0.5, 0.6) is 0 Å². The molecule has 0 unspecified atom stereocenters. The fourth-order valence-corrected chi connectivity index (χ4v) is 2.27. The number of hydrogen-bond donors (Lipinski definition) is 2. The predicted molar refractivity (Wildman–Crippen MR) is 97.7 cm³/mol. The molecule has 0 saturated carbocycles. The molecule has 4 heteroatoms. The number of nitrogens with one attached hydrogen (secondary N) is 2. The molecule has 1 amide bonds. The molecular formula is C20H21N3O. The molecule has 0 fully saturated rings. The maximum absolute atomic E-state index is 12.2. The fourth-order valence-electron chi connectivity index (χ4n) is 2.27. The smallest absolute Gasteiger partial charge is 0.267 e. The SMILES string of the molecule is Cc1ccc(NC(=O)/C(C#N)=C\Nc2ccccc2C(C)C)cc1. The Morgan fingerprint density at radius 3 is 2.42 bits per heavy atom. The highest BCUT2D eigenvalue weighted by Crippen LogP contribution is 2.23. The summed E-state index contributed by atoms with van der Waals surface area (Å²) in [5, 5.41) is 15.1. The Balaban J connectivity index is 2.13. The maximum atomic E-state index is 12.2. The molecule has 0 aliphatic heterocycles. The van der Waals surface area contributed by atoms with Crippen molar-refractivity contribution in [3.8, 4) is 6.07 Å². The van der Waals surface area contributed by atoms with Gasteiger partial charge in [0, 0.05) is 17.6 Å². The van der Waals surface area contributed by atoms with Gasteiger partial charge in [-0.2, -0.15) is 5.26 Å². The normalized spacial score (nSPS) is 11.0. The lowest BCUT2D eigenvalue weighted by Crippen LogP contribution is -2.14. The predicted octanol–water partition coefficient (Wildman–Crippen LogP) is 4.58. The maximum Gasteiger partial charge on any atom is 0.267 e. The van der Waals surface area contributed by atoms with Gasteiger partial charge in [0.1, 0.15) is 11.6 Å². The molecule has 0 radical (unpaired) electrons. The summed E-state index contributed by atoms with van der Waals surface area (Å²) in [4.78, 5) is 12.2. The van der Waals surface area contributed by atoms with Crippen LogP contribution in [0.2, 0.25) is 0 Å². The van der Waals surface area contributed by atoms with E-state index in [9.17, 15) is 10.1 Å². The number of hydrogen-bond acceptors (Lipinski definition) is 3. The van der Waals surface area contributed by atoms with E-state index in [1.54, 1.807) is 0 Å². The Morgan fingerprint density at radius 1 is 1.12 bits per heavy atom. The summed E-state index contributed by atoms with van der Waals surface area (Å²) in [6, 6.07) is 17.2. The molecule has 0 aromatic heterocycles. The number of rotatable bonds is 5. The van der Waals surface area contributed by atoms with E-state index in [-0.39, 0.29) is 5.57 Å². The largest absolute Gasteiger partial charge is 0.360 e. The van der Waals surface area contributed by atoms with E-state index < -0.39 is 5.91 Å². The Kier molecular flexibility index (Phi) is 5.75. The summed E-state index contributed by atoms with van der Waals surface area (Å²) >= 11 is 0. The van der Waals surface area contributed by atoms with Crippen molar-refractivity contribution < 1.29 is 4.79 Å². The van der Waals surface area contributed by atoms with E-state index >= 15 is 0 Å². The van der Waals surface area contributed by atoms with Crippen molar-refractivity contribution in [1.29, 1.82) is 5.26 Å². The fraction of sp³-hybridized carbons (Fsp3) is 0.200. The Hall–Kier alpha value is -3.06. The Morgan fingerprint density at radius 2 is 1.79 bits per heavy atom. The molecule has 0 atom stereocenters. The zero-order valence-electron chi connectivity index (χ0n) is 14.1. The highest BCUT2D eigenvalue weighted by atomic mass is 16.1. The van der Waals surface area contributed by atoms with Crippen molar-refractivity contribution in [2.45, 2.75) is 26.7 Å². The van der Waals surface area contributed by atoms with Gasteiger partial charge in [0.15, 0.2) is 0 Å². The van der Waals surface area contributed by atoms with E-state index in [0.29, 0.717) is 11.6 Å². The number of amides is 1. The van der Waals surface area contributed by atoms with Crippen LogP contribution in [-0.4, -0.2) is 5.91 Å². The van der Waals surface area contributed by atoms with Gasteiger partial charge in [0.2, 0.25) is 0 Å². The van der Waals surface area contributed by atoms with Gasteiger partial charge in [0.05, 0.1) is 0 Å². The lowest BCUT2D eigenvalue weighted by Gasteiger charge is -2.12. The van der Waals surface area contributed by atoms with Crippen molar-refractivity contribution in [2.75, 3.05) is 10.6 Å². The zero-order valence-corrected chi connectivity index (χ0v) is 14.1. The second kappa shape index (κ2) is 7.98. The highest BCUT2D eigenvalue weighted by molar-refractivity contribution is 6.06. The van der Waals surface area contributed by atoms with E-state index in [0.717, 1.165) is 16.8 Å². The minimum atomic E-state index is -0.434. The quantitative estimate of drug-likeness (QED) is 0.626. The van der Waals surface area contributed by atoms with Gasteiger partial charge in [-0.1, -0.05) is 49.7 Å². The van der Waals surface area contributed by atoms with Crippen molar-refractivity contribution >= 4 is 17.3 Å². The molecule has 24 heavy (non-hydrogen) atoms. The highest BCUT2D eigenvalue weighted by Gasteiger charge is 2.10. The average Bonchev–Trinajstić information content (AvgIpc) is 2.57. The van der Waals surface area contributed by atoms with Gasteiger partial charge < -0.3 is 10.6 Å². The molecule has 0 bridgehead atoms. The van der Waals surface area contributed by atoms with Crippen LogP contribution in [0.1, 0.15) is 30.9 Å². The number of anilines is 2. The third-order valence-electron chi connectivity index (χ3n) is 3.63. The number of aryl methyl sites for hydroxylation is 1. The number of para-hydroxylation sites is 1. The molecule has 0 heterocycles. The van der Waals surface area contributed by atoms with Crippen LogP contribution >= 0.6 is 0 Å². The molecule has 0 saturated heterocycles. The topological polar surface area (TPSA) is 64.9 Å². The average molecular weight is 319 g/mol. The second-order valence-corrected chi connectivity index (χ2v) is 5.88. The standard InChI is InChI=1S/C20H21N3O/c1-14(2)18-6-4-5-7-19(18)22-13-16(12-21)20(24)23-17-10-8-15(3)9-11-17/h4-11,13-14,22H,1-3H3,(H,23,24)/b16-13-. The first kappa shape index (κ1) is 17.3. The summed E-state index contributed by atoms with van der Waals surface area (Å²) in [5.41, 5.74) is 3.81. The summed E-state index contributed by atoms with van der Waals surface area (Å²) < 4.78 is 0. The monoisotopic (exact) mass is 319 g/mol. The van der Waals surface area contributed by atoms with Crippen LogP contribution < -0.4 is 10.6 Å². The minimum absolute atomic E-state index is 0.0223. The van der Waals surface area contributed by atoms with Crippen LogP contribution in [0.15, 0.2) is 60.3 Å². The number of benzene rings is 2. The summed E-state index contributed by atoms with van der Waals surface area (Å²) in [7, 11) is 0. The van der Waals surface area contributed by atoms with Crippen LogP contribution in [0.4, 0.5) is 11.4 Å². The van der Waals surface area contributed by atoms with Crippen molar-refractivity contribution in [3.63, 3.8) is 0 Å². The van der Waals surface area contributed by atoms with E-state index in [4.69, 9.17) is 0 Å². The molecule has 122 valence electrons. The molecule has 0 aliphatic rings. The van der Waals surface area contributed by atoms with Gasteiger partial charge in [-0.05, 0) is 36.6 Å². The summed E-state index contributed by atoms with van der Waals surface area (Å²) in [6.45, 7) is 6.17. The van der Waals surface area contributed by atoms with Gasteiger partial charge in [-0.3, -0.25) is 4.79 Å². The van der Waals surface area contributed by atoms with Gasteiger partial charge in [-0.25, -0.2) is 0 Å². The number of carbonyl (C=O) groups excluding carboxylic acids is 1. The minimum Gasteiger partial charge on any atom is -0.360 e. The van der Waals surface area contributed by atoms with Gasteiger partial charge >= 0.3 is 0 Å². The molecule has 2 aromatic carbocycles. The third-order valence-corrected chi connectivity index (χ3v) is 3.63. The zero-order chi connectivity index (χ0) is 17.5. The van der Waals surface area contributed by atoms with Crippen molar-refractivity contribution in [3.05, 3.63) is 71.4 Å². The molecule has 0 aliphatic carbocycles. The lowest BCUT2D eigenvalue weighted by atomic mass is 10.0.